The maximum Gasteiger partial charge on any atom is 0.0991 e. The van der Waals surface area contributed by atoms with Crippen LogP contribution in [0.5, 0.6) is 0 Å². The van der Waals surface area contributed by atoms with Crippen molar-refractivity contribution in [1.29, 1.82) is 5.26 Å². The molecule has 0 spiro atoms. The van der Waals surface area contributed by atoms with Gasteiger partial charge in [-0.1, -0.05) is 54.6 Å². The third-order valence-corrected chi connectivity index (χ3v) is 7.33. The number of nitrogens with zero attached hydrogens (tertiary/aromatic N) is 3. The average Bonchev–Trinajstić information content (AvgIpc) is 3.44. The van der Waals surface area contributed by atoms with Crippen molar-refractivity contribution in [3.8, 4) is 22.9 Å². The average molecular weight is 462 g/mol. The van der Waals surface area contributed by atoms with Crippen LogP contribution in [0.3, 0.4) is 0 Å². The molecule has 2 aromatic heterocycles. The van der Waals surface area contributed by atoms with Crippen LogP contribution in [0.2, 0.25) is 0 Å². The topological polar surface area (TPSA) is 33.6 Å². The highest BCUT2D eigenvalue weighted by Crippen LogP contribution is 2.36. The largest absolute Gasteiger partial charge is 0.341 e. The third-order valence-electron chi connectivity index (χ3n) is 7.33. The van der Waals surface area contributed by atoms with Crippen LogP contribution in [0.4, 0.5) is 0 Å². The molecule has 0 saturated carbocycles. The molecule has 0 saturated heterocycles. The molecule has 0 aliphatic rings. The zero-order chi connectivity index (χ0) is 24.2. The van der Waals surface area contributed by atoms with Crippen molar-refractivity contribution in [1.82, 2.24) is 9.13 Å². The first kappa shape index (κ1) is 20.6. The van der Waals surface area contributed by atoms with Gasteiger partial charge in [0.1, 0.15) is 0 Å². The molecule has 0 N–H and O–H groups in total. The first-order valence-corrected chi connectivity index (χ1v) is 12.3. The van der Waals surface area contributed by atoms with Gasteiger partial charge < -0.3 is 9.13 Å². The Labute approximate surface area is 209 Å². The number of benzene rings is 5. The van der Waals surface area contributed by atoms with E-state index >= 15 is 0 Å². The predicted molar refractivity (Wildman–Crippen MR) is 150 cm³/mol. The summed E-state index contributed by atoms with van der Waals surface area (Å²) >= 11 is 0. The van der Waals surface area contributed by atoms with Crippen molar-refractivity contribution in [2.24, 2.45) is 0 Å². The van der Waals surface area contributed by atoms with E-state index in [9.17, 15) is 5.26 Å². The molecule has 0 aliphatic heterocycles. The zero-order valence-electron chi connectivity index (χ0n) is 19.9. The Bertz CT molecular complexity index is 1940. The third kappa shape index (κ3) is 2.92. The van der Waals surface area contributed by atoms with Crippen LogP contribution in [0.25, 0.3) is 60.4 Å². The molecule has 7 rings (SSSR count). The Morgan fingerprint density at radius 3 is 1.92 bits per heavy atom. The maximum absolute atomic E-state index is 9.48. The van der Waals surface area contributed by atoms with E-state index in [-0.39, 0.29) is 0 Å². The Hall–Kier alpha value is -4.81. The number of fused-ring (bicyclic) bond motifs is 6. The number of para-hydroxylation sites is 2. The van der Waals surface area contributed by atoms with Crippen molar-refractivity contribution in [2.45, 2.75) is 13.5 Å². The van der Waals surface area contributed by atoms with E-state index in [1.54, 1.807) is 0 Å². The molecule has 5 aromatic carbocycles. The maximum atomic E-state index is 9.48. The highest BCUT2D eigenvalue weighted by Gasteiger charge is 2.14. The van der Waals surface area contributed by atoms with Gasteiger partial charge in [0.05, 0.1) is 22.7 Å². The SMILES string of the molecule is CCn1c2ccc(C#N)cc2c2cc(-c3cccc(-n4c5ccccc5c5ccccc54)c3)ccc21. The molecule has 0 unspecified atom stereocenters. The van der Waals surface area contributed by atoms with E-state index in [2.05, 4.69) is 119 Å². The molecule has 170 valence electrons. The second kappa shape index (κ2) is 7.86. The monoisotopic (exact) mass is 461 g/mol. The smallest absolute Gasteiger partial charge is 0.0991 e. The van der Waals surface area contributed by atoms with Crippen molar-refractivity contribution >= 4 is 43.6 Å². The number of aromatic nitrogens is 2. The van der Waals surface area contributed by atoms with Gasteiger partial charge in [0.15, 0.2) is 0 Å². The lowest BCUT2D eigenvalue weighted by Gasteiger charge is -2.11. The second-order valence-corrected chi connectivity index (χ2v) is 9.24. The van der Waals surface area contributed by atoms with Gasteiger partial charge in [0, 0.05) is 44.8 Å². The van der Waals surface area contributed by atoms with E-state index in [0.29, 0.717) is 5.56 Å². The summed E-state index contributed by atoms with van der Waals surface area (Å²) in [5.41, 5.74) is 8.96. The lowest BCUT2D eigenvalue weighted by atomic mass is 10.0. The number of nitriles is 1. The lowest BCUT2D eigenvalue weighted by Crippen LogP contribution is -1.94. The van der Waals surface area contributed by atoms with Crippen molar-refractivity contribution in [2.75, 3.05) is 0 Å². The quantitative estimate of drug-likeness (QED) is 0.260. The Balaban J connectivity index is 1.45. The van der Waals surface area contributed by atoms with Gasteiger partial charge in [-0.2, -0.15) is 5.26 Å². The Kier molecular flexibility index (Phi) is 4.49. The normalized spacial score (nSPS) is 11.6. The molecule has 0 fully saturated rings. The van der Waals surface area contributed by atoms with Crippen LogP contribution in [-0.2, 0) is 6.54 Å². The lowest BCUT2D eigenvalue weighted by molar-refractivity contribution is 0.827. The fourth-order valence-electron chi connectivity index (χ4n) is 5.72. The highest BCUT2D eigenvalue weighted by molar-refractivity contribution is 6.10. The van der Waals surface area contributed by atoms with Gasteiger partial charge >= 0.3 is 0 Å². The first-order valence-electron chi connectivity index (χ1n) is 12.3. The molecule has 2 heterocycles. The van der Waals surface area contributed by atoms with Crippen LogP contribution >= 0.6 is 0 Å². The van der Waals surface area contributed by atoms with Gasteiger partial charge in [-0.15, -0.1) is 0 Å². The molecule has 36 heavy (non-hydrogen) atoms. The molecule has 0 bridgehead atoms. The van der Waals surface area contributed by atoms with E-state index in [1.807, 2.05) is 12.1 Å². The predicted octanol–water partition coefficient (Wildman–Crippen LogP) is 8.45. The molecular formula is C33H23N3. The Morgan fingerprint density at radius 2 is 1.22 bits per heavy atom. The fraction of sp³-hybridized carbons (Fsp3) is 0.0606. The zero-order valence-corrected chi connectivity index (χ0v) is 19.9. The van der Waals surface area contributed by atoms with E-state index in [0.717, 1.165) is 17.6 Å². The van der Waals surface area contributed by atoms with E-state index in [4.69, 9.17) is 0 Å². The van der Waals surface area contributed by atoms with Gasteiger partial charge in [0.2, 0.25) is 0 Å². The molecule has 3 nitrogen and oxygen atoms in total. The summed E-state index contributed by atoms with van der Waals surface area (Å²) in [6.45, 7) is 3.05. The van der Waals surface area contributed by atoms with Gasteiger partial charge in [0.25, 0.3) is 0 Å². The minimum atomic E-state index is 0.691. The highest BCUT2D eigenvalue weighted by atomic mass is 15.0. The van der Waals surface area contributed by atoms with Gasteiger partial charge in [-0.05, 0) is 72.6 Å². The Morgan fingerprint density at radius 1 is 0.583 bits per heavy atom. The summed E-state index contributed by atoms with van der Waals surface area (Å²) in [5, 5.41) is 14.3. The van der Waals surface area contributed by atoms with Crippen LogP contribution < -0.4 is 0 Å². The number of rotatable bonds is 3. The summed E-state index contributed by atoms with van der Waals surface area (Å²) in [5.74, 6) is 0. The van der Waals surface area contributed by atoms with Crippen molar-refractivity contribution in [3.63, 3.8) is 0 Å². The van der Waals surface area contributed by atoms with Crippen molar-refractivity contribution < 1.29 is 0 Å². The number of hydrogen-bond acceptors (Lipinski definition) is 1. The molecule has 3 heteroatoms. The standard InChI is InChI=1S/C33H23N3/c1-2-35-30-16-14-22(21-34)18-28(30)29-20-24(15-17-31(29)35)23-8-7-9-25(19-23)36-32-12-5-3-10-26(32)27-11-4-6-13-33(27)36/h3-20H,2H2,1H3. The van der Waals surface area contributed by atoms with E-state index in [1.165, 1.54) is 49.4 Å². The van der Waals surface area contributed by atoms with Crippen molar-refractivity contribution in [3.05, 3.63) is 115 Å². The van der Waals surface area contributed by atoms with Crippen LogP contribution in [-0.4, -0.2) is 9.13 Å². The van der Waals surface area contributed by atoms with Gasteiger partial charge in [-0.3, -0.25) is 0 Å². The van der Waals surface area contributed by atoms with Gasteiger partial charge in [-0.25, -0.2) is 0 Å². The molecule has 0 radical (unpaired) electrons. The van der Waals surface area contributed by atoms with Crippen LogP contribution in [0.15, 0.2) is 109 Å². The molecular weight excluding hydrogens is 438 g/mol. The fourth-order valence-corrected chi connectivity index (χ4v) is 5.72. The van der Waals surface area contributed by atoms with Crippen LogP contribution in [0.1, 0.15) is 12.5 Å². The summed E-state index contributed by atoms with van der Waals surface area (Å²) < 4.78 is 4.68. The molecule has 0 amide bonds. The van der Waals surface area contributed by atoms with E-state index < -0.39 is 0 Å². The summed E-state index contributed by atoms with van der Waals surface area (Å²) in [7, 11) is 0. The number of hydrogen-bond donors (Lipinski definition) is 0. The molecule has 0 aliphatic carbocycles. The minimum absolute atomic E-state index is 0.691. The number of aryl methyl sites for hydroxylation is 1. The minimum Gasteiger partial charge on any atom is -0.341 e. The molecule has 0 atom stereocenters. The second-order valence-electron chi connectivity index (χ2n) is 9.24. The first-order chi connectivity index (χ1) is 17.8. The molecule has 7 aromatic rings. The van der Waals surface area contributed by atoms with Crippen LogP contribution in [0, 0.1) is 11.3 Å². The summed E-state index contributed by atoms with van der Waals surface area (Å²) in [6, 6.07) is 41.0. The summed E-state index contributed by atoms with van der Waals surface area (Å²) in [6.07, 6.45) is 0. The summed E-state index contributed by atoms with van der Waals surface area (Å²) in [4.78, 5) is 0.